The van der Waals surface area contributed by atoms with E-state index in [4.69, 9.17) is 4.74 Å². The molecule has 0 spiro atoms. The highest BCUT2D eigenvalue weighted by Crippen LogP contribution is 2.21. The third kappa shape index (κ3) is 4.49. The molecule has 0 aliphatic carbocycles. The van der Waals surface area contributed by atoms with Gasteiger partial charge in [0.1, 0.15) is 11.4 Å². The second-order valence-corrected chi connectivity index (χ2v) is 7.54. The van der Waals surface area contributed by atoms with Crippen molar-refractivity contribution in [2.24, 2.45) is 7.05 Å². The molecule has 1 aromatic heterocycles. The van der Waals surface area contributed by atoms with Crippen molar-refractivity contribution in [2.45, 2.75) is 13.3 Å². The Bertz CT molecular complexity index is 1270. The first-order valence-electron chi connectivity index (χ1n) is 10.4. The van der Waals surface area contributed by atoms with Crippen molar-refractivity contribution in [3.63, 3.8) is 0 Å². The summed E-state index contributed by atoms with van der Waals surface area (Å²) in [6.45, 7) is 1.61. The van der Waals surface area contributed by atoms with Gasteiger partial charge in [0.2, 0.25) is 0 Å². The Morgan fingerprint density at radius 3 is 2.25 bits per heavy atom. The normalized spacial score (nSPS) is 10.7. The largest absolute Gasteiger partial charge is 0.483 e. The number of benzene rings is 3. The minimum absolute atomic E-state index is 0.190. The summed E-state index contributed by atoms with van der Waals surface area (Å²) in [5, 5.41) is 2.73. The predicted molar refractivity (Wildman–Crippen MR) is 126 cm³/mol. The summed E-state index contributed by atoms with van der Waals surface area (Å²) >= 11 is 0. The van der Waals surface area contributed by atoms with Crippen LogP contribution in [0.3, 0.4) is 0 Å². The Morgan fingerprint density at radius 1 is 0.906 bits per heavy atom. The van der Waals surface area contributed by atoms with Crippen molar-refractivity contribution >= 4 is 11.6 Å². The number of anilines is 1. The van der Waals surface area contributed by atoms with Crippen LogP contribution in [0.4, 0.5) is 5.69 Å². The van der Waals surface area contributed by atoms with Gasteiger partial charge in [-0.25, -0.2) is 4.68 Å². The van der Waals surface area contributed by atoms with E-state index in [0.717, 1.165) is 16.8 Å². The zero-order valence-corrected chi connectivity index (χ0v) is 18.1. The first-order chi connectivity index (χ1) is 15.5. The van der Waals surface area contributed by atoms with Crippen LogP contribution in [-0.4, -0.2) is 21.9 Å². The molecule has 0 bridgehead atoms. The van der Waals surface area contributed by atoms with Crippen LogP contribution in [0.2, 0.25) is 0 Å². The zero-order valence-electron chi connectivity index (χ0n) is 18.1. The van der Waals surface area contributed by atoms with Crippen LogP contribution in [0.5, 0.6) is 5.75 Å². The summed E-state index contributed by atoms with van der Waals surface area (Å²) in [4.78, 5) is 25.6. The Labute approximate surface area is 186 Å². The second kappa shape index (κ2) is 9.39. The van der Waals surface area contributed by atoms with Gasteiger partial charge in [0, 0.05) is 13.5 Å². The molecule has 1 heterocycles. The van der Waals surface area contributed by atoms with E-state index in [1.165, 1.54) is 4.68 Å². The van der Waals surface area contributed by atoms with Crippen LogP contribution in [0.1, 0.15) is 16.8 Å². The minimum Gasteiger partial charge on any atom is -0.483 e. The number of carbonyl (C=O) groups is 1. The molecule has 0 aliphatic rings. The van der Waals surface area contributed by atoms with Gasteiger partial charge in [-0.2, -0.15) is 0 Å². The molecule has 6 heteroatoms. The summed E-state index contributed by atoms with van der Waals surface area (Å²) in [5.74, 6) is 0.267. The van der Waals surface area contributed by atoms with E-state index < -0.39 is 0 Å². The number of rotatable bonds is 7. The average molecular weight is 428 g/mol. The standard InChI is InChI=1S/C26H25N3O3/c1-19-25(26(31)29(28(19)2)22-14-7-4-8-15-22)27-24(30)18-32-23-16-10-9-13-21(23)17-20-11-5-3-6-12-20/h3-16H,17-18H2,1-2H3,(H,27,30). The molecule has 162 valence electrons. The van der Waals surface area contributed by atoms with Crippen molar-refractivity contribution in [1.82, 2.24) is 9.36 Å². The fraction of sp³-hybridized carbons (Fsp3) is 0.154. The molecule has 32 heavy (non-hydrogen) atoms. The monoisotopic (exact) mass is 427 g/mol. The Morgan fingerprint density at radius 2 is 1.53 bits per heavy atom. The van der Waals surface area contributed by atoms with Crippen molar-refractivity contribution in [2.75, 3.05) is 11.9 Å². The van der Waals surface area contributed by atoms with Gasteiger partial charge in [0.15, 0.2) is 6.61 Å². The zero-order chi connectivity index (χ0) is 22.5. The van der Waals surface area contributed by atoms with E-state index in [-0.39, 0.29) is 23.8 Å². The number of para-hydroxylation sites is 2. The van der Waals surface area contributed by atoms with Crippen molar-refractivity contribution in [3.8, 4) is 11.4 Å². The van der Waals surface area contributed by atoms with Crippen molar-refractivity contribution in [1.29, 1.82) is 0 Å². The summed E-state index contributed by atoms with van der Waals surface area (Å²) in [6.07, 6.45) is 0.707. The van der Waals surface area contributed by atoms with Crippen LogP contribution < -0.4 is 15.6 Å². The quantitative estimate of drug-likeness (QED) is 0.483. The Kier molecular flexibility index (Phi) is 6.22. The number of hydrogen-bond donors (Lipinski definition) is 1. The first kappa shape index (κ1) is 21.2. The number of nitrogens with one attached hydrogen (secondary N) is 1. The van der Waals surface area contributed by atoms with E-state index >= 15 is 0 Å². The molecule has 0 saturated carbocycles. The van der Waals surface area contributed by atoms with E-state index in [1.807, 2.05) is 72.8 Å². The highest BCUT2D eigenvalue weighted by molar-refractivity contribution is 5.92. The fourth-order valence-electron chi connectivity index (χ4n) is 3.64. The summed E-state index contributed by atoms with van der Waals surface area (Å²) in [7, 11) is 1.79. The van der Waals surface area contributed by atoms with Crippen LogP contribution in [0.15, 0.2) is 89.7 Å². The summed E-state index contributed by atoms with van der Waals surface area (Å²) in [6, 6.07) is 27.1. The lowest BCUT2D eigenvalue weighted by atomic mass is 10.0. The molecule has 0 radical (unpaired) electrons. The minimum atomic E-state index is -0.384. The van der Waals surface area contributed by atoms with Crippen molar-refractivity contribution in [3.05, 3.63) is 112 Å². The fourth-order valence-corrected chi connectivity index (χ4v) is 3.64. The Balaban J connectivity index is 1.48. The molecule has 4 aromatic rings. The number of hydrogen-bond acceptors (Lipinski definition) is 3. The SMILES string of the molecule is Cc1c(NC(=O)COc2ccccc2Cc2ccccc2)c(=O)n(-c2ccccc2)n1C. The van der Waals surface area contributed by atoms with Gasteiger partial charge in [0.05, 0.1) is 11.4 Å². The highest BCUT2D eigenvalue weighted by Gasteiger charge is 2.18. The Hall–Kier alpha value is -4.06. The summed E-state index contributed by atoms with van der Waals surface area (Å²) in [5.41, 5.74) is 3.52. The second-order valence-electron chi connectivity index (χ2n) is 7.54. The number of carbonyl (C=O) groups excluding carboxylic acids is 1. The molecular weight excluding hydrogens is 402 g/mol. The van der Waals surface area contributed by atoms with Gasteiger partial charge in [0.25, 0.3) is 11.5 Å². The molecule has 0 aliphatic heterocycles. The van der Waals surface area contributed by atoms with E-state index in [9.17, 15) is 9.59 Å². The van der Waals surface area contributed by atoms with E-state index in [2.05, 4.69) is 17.4 Å². The highest BCUT2D eigenvalue weighted by atomic mass is 16.5. The van der Waals surface area contributed by atoms with Crippen LogP contribution in [0.25, 0.3) is 5.69 Å². The molecular formula is C26H25N3O3. The molecule has 0 fully saturated rings. The maximum atomic E-state index is 13.0. The van der Waals surface area contributed by atoms with E-state index in [0.29, 0.717) is 17.9 Å². The molecule has 6 nitrogen and oxygen atoms in total. The topological polar surface area (TPSA) is 65.3 Å². The van der Waals surface area contributed by atoms with Crippen LogP contribution in [0, 0.1) is 6.92 Å². The van der Waals surface area contributed by atoms with Crippen molar-refractivity contribution < 1.29 is 9.53 Å². The molecule has 0 saturated heterocycles. The van der Waals surface area contributed by atoms with Gasteiger partial charge >= 0.3 is 0 Å². The summed E-state index contributed by atoms with van der Waals surface area (Å²) < 4.78 is 9.07. The molecule has 0 atom stereocenters. The number of nitrogens with zero attached hydrogens (tertiary/aromatic N) is 2. The number of amides is 1. The van der Waals surface area contributed by atoms with E-state index in [1.54, 1.807) is 18.7 Å². The van der Waals surface area contributed by atoms with Gasteiger partial charge < -0.3 is 10.1 Å². The maximum absolute atomic E-state index is 13.0. The molecule has 0 unspecified atom stereocenters. The van der Waals surface area contributed by atoms with Gasteiger partial charge in [-0.3, -0.25) is 14.3 Å². The average Bonchev–Trinajstić information content (AvgIpc) is 3.03. The van der Waals surface area contributed by atoms with Gasteiger partial charge in [-0.15, -0.1) is 0 Å². The van der Waals surface area contributed by atoms with Gasteiger partial charge in [-0.1, -0.05) is 66.7 Å². The molecule has 1 amide bonds. The lowest BCUT2D eigenvalue weighted by Gasteiger charge is -2.11. The number of aromatic nitrogens is 2. The number of ether oxygens (including phenoxy) is 1. The predicted octanol–water partition coefficient (Wildman–Crippen LogP) is 4.09. The first-order valence-corrected chi connectivity index (χ1v) is 10.4. The maximum Gasteiger partial charge on any atom is 0.295 e. The lowest BCUT2D eigenvalue weighted by Crippen LogP contribution is -2.25. The third-order valence-electron chi connectivity index (χ3n) is 5.39. The van der Waals surface area contributed by atoms with Gasteiger partial charge in [-0.05, 0) is 36.2 Å². The van der Waals surface area contributed by atoms with Crippen LogP contribution >= 0.6 is 0 Å². The molecule has 1 N–H and O–H groups in total. The molecule has 3 aromatic carbocycles. The van der Waals surface area contributed by atoms with Crippen LogP contribution in [-0.2, 0) is 18.3 Å². The smallest absolute Gasteiger partial charge is 0.295 e. The molecule has 4 rings (SSSR count). The third-order valence-corrected chi connectivity index (χ3v) is 5.39. The lowest BCUT2D eigenvalue weighted by molar-refractivity contribution is -0.118.